The molecule has 1 aromatic rings. The Morgan fingerprint density at radius 1 is 1.26 bits per heavy atom. The zero-order valence-corrected chi connectivity index (χ0v) is 10.2. The van der Waals surface area contributed by atoms with Crippen LogP contribution in [0.25, 0.3) is 0 Å². The smallest absolute Gasteiger partial charge is 0.279 e. The van der Waals surface area contributed by atoms with E-state index in [1.807, 2.05) is 0 Å². The lowest BCUT2D eigenvalue weighted by Gasteiger charge is -2.27. The van der Waals surface area contributed by atoms with Gasteiger partial charge in [-0.25, -0.2) is 0 Å². The molecule has 0 N–H and O–H groups in total. The van der Waals surface area contributed by atoms with Gasteiger partial charge in [0.2, 0.25) is 5.91 Å². The number of nitrogens with zero attached hydrogens (tertiary/aromatic N) is 3. The predicted octanol–water partition coefficient (Wildman–Crippen LogP) is 1.41. The Morgan fingerprint density at radius 2 is 1.95 bits per heavy atom. The summed E-state index contributed by atoms with van der Waals surface area (Å²) in [7, 11) is 0. The van der Waals surface area contributed by atoms with Gasteiger partial charge in [0.25, 0.3) is 11.4 Å². The molecule has 0 atom stereocenters. The van der Waals surface area contributed by atoms with Crippen molar-refractivity contribution in [2.75, 3.05) is 6.54 Å². The Hall–Kier alpha value is -2.51. The molecule has 0 spiro atoms. The second-order valence-electron chi connectivity index (χ2n) is 4.31. The number of amides is 1. The molecule has 1 aliphatic rings. The van der Waals surface area contributed by atoms with Gasteiger partial charge >= 0.3 is 0 Å². The number of benzene rings is 1. The van der Waals surface area contributed by atoms with Gasteiger partial charge in [-0.3, -0.25) is 25.0 Å². The topological polar surface area (TPSA) is 107 Å². The third-order valence-electron chi connectivity index (χ3n) is 3.15. The van der Waals surface area contributed by atoms with Gasteiger partial charge in [0.05, 0.1) is 15.9 Å². The molecule has 8 nitrogen and oxygen atoms in total. The SMILES string of the molecule is CC(=O)N1CCc2c(cc([N+](=O)[O-])cc2[N+](=O)[O-])C1. The maximum Gasteiger partial charge on any atom is 0.279 e. The van der Waals surface area contributed by atoms with Gasteiger partial charge in [-0.15, -0.1) is 0 Å². The van der Waals surface area contributed by atoms with Crippen molar-refractivity contribution in [2.45, 2.75) is 19.9 Å². The van der Waals surface area contributed by atoms with E-state index in [0.717, 1.165) is 6.07 Å². The highest BCUT2D eigenvalue weighted by atomic mass is 16.6. The Balaban J connectivity index is 2.53. The highest BCUT2D eigenvalue weighted by Crippen LogP contribution is 2.32. The predicted molar refractivity (Wildman–Crippen MR) is 64.5 cm³/mol. The molecular formula is C11H11N3O5. The van der Waals surface area contributed by atoms with E-state index >= 15 is 0 Å². The van der Waals surface area contributed by atoms with Crippen LogP contribution in [-0.4, -0.2) is 27.2 Å². The van der Waals surface area contributed by atoms with E-state index in [1.54, 1.807) is 0 Å². The quantitative estimate of drug-likeness (QED) is 0.593. The first kappa shape index (κ1) is 12.9. The summed E-state index contributed by atoms with van der Waals surface area (Å²) in [4.78, 5) is 33.3. The zero-order valence-electron chi connectivity index (χ0n) is 10.2. The number of carbonyl (C=O) groups is 1. The van der Waals surface area contributed by atoms with Crippen LogP contribution in [0.2, 0.25) is 0 Å². The molecule has 0 fully saturated rings. The van der Waals surface area contributed by atoms with Gasteiger partial charge in [-0.05, 0) is 12.0 Å². The molecule has 0 saturated heterocycles. The Morgan fingerprint density at radius 3 is 2.47 bits per heavy atom. The summed E-state index contributed by atoms with van der Waals surface area (Å²) >= 11 is 0. The molecule has 0 aliphatic carbocycles. The van der Waals surface area contributed by atoms with Crippen molar-refractivity contribution < 1.29 is 14.6 Å². The monoisotopic (exact) mass is 265 g/mol. The summed E-state index contributed by atoms with van der Waals surface area (Å²) in [5.41, 5.74) is 0.388. The Labute approximate surface area is 107 Å². The molecule has 0 saturated carbocycles. The number of fused-ring (bicyclic) bond motifs is 1. The maximum absolute atomic E-state index is 11.3. The summed E-state index contributed by atoms with van der Waals surface area (Å²) in [5.74, 6) is -0.153. The van der Waals surface area contributed by atoms with E-state index < -0.39 is 9.85 Å². The van der Waals surface area contributed by atoms with Crippen molar-refractivity contribution in [2.24, 2.45) is 0 Å². The third-order valence-corrected chi connectivity index (χ3v) is 3.15. The largest absolute Gasteiger partial charge is 0.338 e. The average molecular weight is 265 g/mol. The lowest BCUT2D eigenvalue weighted by molar-refractivity contribution is -0.394. The third kappa shape index (κ3) is 2.37. The molecule has 1 heterocycles. The zero-order chi connectivity index (χ0) is 14.2. The van der Waals surface area contributed by atoms with Gasteiger partial charge in [-0.1, -0.05) is 0 Å². The van der Waals surface area contributed by atoms with Gasteiger partial charge in [0.1, 0.15) is 0 Å². The van der Waals surface area contributed by atoms with Crippen molar-refractivity contribution in [3.8, 4) is 0 Å². The summed E-state index contributed by atoms with van der Waals surface area (Å²) in [6.07, 6.45) is 0.337. The van der Waals surface area contributed by atoms with Gasteiger partial charge in [0, 0.05) is 31.6 Å². The summed E-state index contributed by atoms with van der Waals surface area (Å²) in [6.45, 7) is 1.96. The number of carbonyl (C=O) groups excluding carboxylic acids is 1. The molecule has 0 unspecified atom stereocenters. The Bertz CT molecular complexity index is 584. The maximum atomic E-state index is 11.3. The van der Waals surface area contributed by atoms with Crippen LogP contribution in [0.5, 0.6) is 0 Å². The number of hydrogen-bond acceptors (Lipinski definition) is 5. The Kier molecular flexibility index (Phi) is 3.16. The fourth-order valence-electron chi connectivity index (χ4n) is 2.20. The van der Waals surface area contributed by atoms with Crippen LogP contribution < -0.4 is 0 Å². The number of nitro groups is 2. The first-order valence-electron chi connectivity index (χ1n) is 5.60. The first-order valence-corrected chi connectivity index (χ1v) is 5.60. The van der Waals surface area contributed by atoms with Crippen molar-refractivity contribution in [3.63, 3.8) is 0 Å². The van der Waals surface area contributed by atoms with Crippen molar-refractivity contribution in [1.29, 1.82) is 0 Å². The van der Waals surface area contributed by atoms with Crippen molar-refractivity contribution in [3.05, 3.63) is 43.5 Å². The minimum absolute atomic E-state index is 0.153. The van der Waals surface area contributed by atoms with E-state index in [4.69, 9.17) is 0 Å². The molecule has 8 heteroatoms. The number of non-ortho nitro benzene ring substituents is 1. The fourth-order valence-corrected chi connectivity index (χ4v) is 2.20. The normalized spacial score (nSPS) is 13.8. The van der Waals surface area contributed by atoms with Crippen LogP contribution in [-0.2, 0) is 17.8 Å². The molecule has 0 radical (unpaired) electrons. The summed E-state index contributed by atoms with van der Waals surface area (Å²) in [6, 6.07) is 2.28. The molecule has 1 aromatic carbocycles. The van der Waals surface area contributed by atoms with Crippen LogP contribution in [0.3, 0.4) is 0 Å². The number of hydrogen-bond donors (Lipinski definition) is 0. The van der Waals surface area contributed by atoms with E-state index in [2.05, 4.69) is 0 Å². The lowest BCUT2D eigenvalue weighted by Crippen LogP contribution is -2.34. The second-order valence-corrected chi connectivity index (χ2v) is 4.31. The van der Waals surface area contributed by atoms with Crippen molar-refractivity contribution >= 4 is 17.3 Å². The van der Waals surface area contributed by atoms with Gasteiger partial charge in [0.15, 0.2) is 0 Å². The minimum atomic E-state index is -0.667. The van der Waals surface area contributed by atoms with Crippen LogP contribution in [0.4, 0.5) is 11.4 Å². The van der Waals surface area contributed by atoms with E-state index in [1.165, 1.54) is 17.9 Å². The molecule has 1 aliphatic heterocycles. The van der Waals surface area contributed by atoms with E-state index in [9.17, 15) is 25.0 Å². The minimum Gasteiger partial charge on any atom is -0.338 e. The molecule has 1 amide bonds. The van der Waals surface area contributed by atoms with E-state index in [0.29, 0.717) is 24.1 Å². The summed E-state index contributed by atoms with van der Waals surface area (Å²) in [5, 5.41) is 21.7. The van der Waals surface area contributed by atoms with Crippen LogP contribution in [0.1, 0.15) is 18.1 Å². The lowest BCUT2D eigenvalue weighted by atomic mass is 9.97. The first-order chi connectivity index (χ1) is 8.90. The molecule has 19 heavy (non-hydrogen) atoms. The molecule has 100 valence electrons. The van der Waals surface area contributed by atoms with Crippen LogP contribution in [0.15, 0.2) is 12.1 Å². The highest BCUT2D eigenvalue weighted by Gasteiger charge is 2.28. The average Bonchev–Trinajstić information content (AvgIpc) is 2.36. The second kappa shape index (κ2) is 4.63. The van der Waals surface area contributed by atoms with Gasteiger partial charge < -0.3 is 4.90 Å². The number of rotatable bonds is 2. The standard InChI is InChI=1S/C11H11N3O5/c1-7(15)12-3-2-10-8(6-12)4-9(13(16)17)5-11(10)14(18)19/h4-5H,2-3,6H2,1H3. The highest BCUT2D eigenvalue weighted by molar-refractivity contribution is 5.74. The number of nitro benzene ring substituents is 2. The van der Waals surface area contributed by atoms with Crippen LogP contribution >= 0.6 is 0 Å². The van der Waals surface area contributed by atoms with Gasteiger partial charge in [-0.2, -0.15) is 0 Å². The molecule has 0 bridgehead atoms. The fraction of sp³-hybridized carbons (Fsp3) is 0.364. The summed E-state index contributed by atoms with van der Waals surface area (Å²) < 4.78 is 0. The van der Waals surface area contributed by atoms with E-state index in [-0.39, 0.29) is 23.8 Å². The molecule has 2 rings (SSSR count). The van der Waals surface area contributed by atoms with Crippen molar-refractivity contribution in [1.82, 2.24) is 4.90 Å². The van der Waals surface area contributed by atoms with Crippen LogP contribution in [0, 0.1) is 20.2 Å². The molecule has 0 aromatic heterocycles. The molecular weight excluding hydrogens is 254 g/mol.